The van der Waals surface area contributed by atoms with E-state index in [4.69, 9.17) is 4.74 Å². The van der Waals surface area contributed by atoms with Gasteiger partial charge in [-0.1, -0.05) is 18.2 Å². The van der Waals surface area contributed by atoms with Gasteiger partial charge in [0.2, 0.25) is 0 Å². The van der Waals surface area contributed by atoms with Crippen LogP contribution in [0.25, 0.3) is 0 Å². The van der Waals surface area contributed by atoms with Crippen molar-refractivity contribution in [1.29, 1.82) is 0 Å². The maximum Gasteiger partial charge on any atom is 0.419 e. The normalized spacial score (nSPS) is 11.0. The Bertz CT molecular complexity index is 806. The fourth-order valence-electron chi connectivity index (χ4n) is 2.05. The monoisotopic (exact) mass is 354 g/mol. The second-order valence-electron chi connectivity index (χ2n) is 5.09. The number of hydrogen-bond donors (Lipinski definition) is 1. The zero-order valence-electron chi connectivity index (χ0n) is 13.0. The van der Waals surface area contributed by atoms with Crippen molar-refractivity contribution in [3.05, 3.63) is 63.7 Å². The number of hydrogen-bond acceptors (Lipinski definition) is 4. The number of aryl methyl sites for hydroxylation is 1. The van der Waals surface area contributed by atoms with E-state index in [0.717, 1.165) is 18.2 Å². The van der Waals surface area contributed by atoms with Crippen molar-refractivity contribution >= 4 is 17.3 Å². The highest BCUT2D eigenvalue weighted by Crippen LogP contribution is 2.35. The molecule has 0 aliphatic rings. The van der Waals surface area contributed by atoms with Gasteiger partial charge in [0.1, 0.15) is 5.75 Å². The Morgan fingerprint density at radius 1 is 1.24 bits per heavy atom. The molecule has 132 valence electrons. The molecule has 2 aromatic rings. The first-order valence-electron chi connectivity index (χ1n) is 7.02. The van der Waals surface area contributed by atoms with Crippen LogP contribution in [-0.2, 0) is 11.0 Å². The van der Waals surface area contributed by atoms with Gasteiger partial charge in [0, 0.05) is 17.3 Å². The fraction of sp³-hybridized carbons (Fsp3) is 0.188. The van der Waals surface area contributed by atoms with Crippen LogP contribution in [-0.4, -0.2) is 17.4 Å². The maximum atomic E-state index is 12.8. The average Bonchev–Trinajstić information content (AvgIpc) is 2.54. The number of carbonyl (C=O) groups excluding carboxylic acids is 1. The van der Waals surface area contributed by atoms with Gasteiger partial charge < -0.3 is 10.1 Å². The highest BCUT2D eigenvalue weighted by atomic mass is 19.4. The quantitative estimate of drug-likeness (QED) is 0.651. The van der Waals surface area contributed by atoms with Crippen molar-refractivity contribution in [3.8, 4) is 5.75 Å². The van der Waals surface area contributed by atoms with Gasteiger partial charge in [0.05, 0.1) is 10.5 Å². The molecule has 25 heavy (non-hydrogen) atoms. The highest BCUT2D eigenvalue weighted by molar-refractivity contribution is 5.92. The van der Waals surface area contributed by atoms with E-state index < -0.39 is 34.9 Å². The number of para-hydroxylation sites is 1. The molecular weight excluding hydrogens is 341 g/mol. The van der Waals surface area contributed by atoms with Crippen LogP contribution in [0.4, 0.5) is 24.5 Å². The Balaban J connectivity index is 2.05. The second-order valence-corrected chi connectivity index (χ2v) is 5.09. The number of alkyl halides is 3. The van der Waals surface area contributed by atoms with Gasteiger partial charge in [0.25, 0.3) is 11.6 Å². The molecule has 1 amide bonds. The Morgan fingerprint density at radius 3 is 2.56 bits per heavy atom. The van der Waals surface area contributed by atoms with E-state index >= 15 is 0 Å². The molecule has 1 N–H and O–H groups in total. The van der Waals surface area contributed by atoms with Crippen LogP contribution in [0.1, 0.15) is 11.1 Å². The van der Waals surface area contributed by atoms with Gasteiger partial charge in [-0.15, -0.1) is 0 Å². The third kappa shape index (κ3) is 4.69. The predicted octanol–water partition coefficient (Wildman–Crippen LogP) is 3.94. The third-order valence-corrected chi connectivity index (χ3v) is 3.24. The summed E-state index contributed by atoms with van der Waals surface area (Å²) >= 11 is 0. The van der Waals surface area contributed by atoms with Crippen LogP contribution < -0.4 is 10.1 Å². The molecule has 0 spiro atoms. The lowest BCUT2D eigenvalue weighted by molar-refractivity contribution is -0.385. The van der Waals surface area contributed by atoms with Crippen molar-refractivity contribution in [2.45, 2.75) is 13.1 Å². The minimum Gasteiger partial charge on any atom is -0.483 e. The van der Waals surface area contributed by atoms with E-state index in [-0.39, 0.29) is 11.4 Å². The summed E-state index contributed by atoms with van der Waals surface area (Å²) in [5.41, 5.74) is -0.608. The van der Waals surface area contributed by atoms with E-state index in [9.17, 15) is 28.1 Å². The van der Waals surface area contributed by atoms with Crippen molar-refractivity contribution in [2.24, 2.45) is 0 Å². The first kappa shape index (κ1) is 18.2. The first-order valence-corrected chi connectivity index (χ1v) is 7.02. The molecule has 0 radical (unpaired) electrons. The number of nitrogens with zero attached hydrogens (tertiary/aromatic N) is 1. The van der Waals surface area contributed by atoms with E-state index in [1.807, 2.05) is 0 Å². The molecule has 0 bridgehead atoms. The summed E-state index contributed by atoms with van der Waals surface area (Å²) in [5.74, 6) is -1.21. The van der Waals surface area contributed by atoms with Crippen molar-refractivity contribution in [1.82, 2.24) is 0 Å². The molecule has 0 fully saturated rings. The van der Waals surface area contributed by atoms with Gasteiger partial charge in [0.15, 0.2) is 6.61 Å². The molecule has 0 heterocycles. The van der Waals surface area contributed by atoms with Gasteiger partial charge >= 0.3 is 6.18 Å². The zero-order valence-corrected chi connectivity index (χ0v) is 13.0. The summed E-state index contributed by atoms with van der Waals surface area (Å²) in [6.07, 6.45) is -4.61. The molecule has 2 rings (SSSR count). The van der Waals surface area contributed by atoms with Crippen molar-refractivity contribution in [2.75, 3.05) is 11.9 Å². The Morgan fingerprint density at radius 2 is 1.92 bits per heavy atom. The Labute approximate surface area is 140 Å². The zero-order chi connectivity index (χ0) is 18.6. The van der Waals surface area contributed by atoms with Crippen LogP contribution in [0.3, 0.4) is 0 Å². The van der Waals surface area contributed by atoms with Crippen molar-refractivity contribution in [3.63, 3.8) is 0 Å². The molecular formula is C16H13F3N2O4. The number of anilines is 1. The number of rotatable bonds is 5. The molecule has 9 heteroatoms. The van der Waals surface area contributed by atoms with E-state index in [0.29, 0.717) is 5.56 Å². The number of amides is 1. The lowest BCUT2D eigenvalue weighted by Crippen LogP contribution is -2.21. The Hall–Kier alpha value is -3.10. The maximum absolute atomic E-state index is 12.8. The number of nitro groups is 1. The highest BCUT2D eigenvalue weighted by Gasteiger charge is 2.34. The van der Waals surface area contributed by atoms with E-state index in [1.165, 1.54) is 24.3 Å². The number of nitrogens with one attached hydrogen (secondary N) is 1. The summed E-state index contributed by atoms with van der Waals surface area (Å²) in [7, 11) is 0. The van der Waals surface area contributed by atoms with Crippen LogP contribution in [0.2, 0.25) is 0 Å². The minimum atomic E-state index is -4.61. The molecule has 0 aromatic heterocycles. The molecule has 0 saturated heterocycles. The molecule has 0 saturated carbocycles. The van der Waals surface area contributed by atoms with E-state index in [1.54, 1.807) is 6.92 Å². The first-order chi connectivity index (χ1) is 11.7. The lowest BCUT2D eigenvalue weighted by atomic mass is 10.2. The molecule has 6 nitrogen and oxygen atoms in total. The topological polar surface area (TPSA) is 81.5 Å². The number of benzene rings is 2. The third-order valence-electron chi connectivity index (χ3n) is 3.24. The smallest absolute Gasteiger partial charge is 0.419 e. The van der Waals surface area contributed by atoms with Crippen molar-refractivity contribution < 1.29 is 27.6 Å². The largest absolute Gasteiger partial charge is 0.483 e. The fourth-order valence-corrected chi connectivity index (χ4v) is 2.05. The summed E-state index contributed by atoms with van der Waals surface area (Å²) in [6.45, 7) is 0.871. The molecule has 0 aliphatic carbocycles. The summed E-state index contributed by atoms with van der Waals surface area (Å²) in [5, 5.41) is 13.2. The van der Waals surface area contributed by atoms with Gasteiger partial charge in [-0.05, 0) is 25.1 Å². The summed E-state index contributed by atoms with van der Waals surface area (Å²) in [4.78, 5) is 22.1. The minimum absolute atomic E-state index is 0.148. The standard InChI is InChI=1S/C16H13F3N2O4/c1-10-6-7-11(8-13(10)21(23)24)20-15(22)9-25-14-5-3-2-4-12(14)16(17,18)19/h2-8H,9H2,1H3,(H,20,22). The number of halogens is 3. The van der Waals surface area contributed by atoms with E-state index in [2.05, 4.69) is 5.32 Å². The number of carbonyl (C=O) groups is 1. The van der Waals surface area contributed by atoms with Gasteiger partial charge in [-0.2, -0.15) is 13.2 Å². The lowest BCUT2D eigenvalue weighted by Gasteiger charge is -2.13. The van der Waals surface area contributed by atoms with Crippen LogP contribution in [0, 0.1) is 17.0 Å². The SMILES string of the molecule is Cc1ccc(NC(=O)COc2ccccc2C(F)(F)F)cc1[N+](=O)[O-]. The summed E-state index contributed by atoms with van der Waals surface area (Å²) < 4.78 is 43.4. The molecule has 0 unspecified atom stereocenters. The Kier molecular flexibility index (Phi) is 5.26. The van der Waals surface area contributed by atoms with Crippen LogP contribution >= 0.6 is 0 Å². The average molecular weight is 354 g/mol. The molecule has 0 aliphatic heterocycles. The molecule has 0 atom stereocenters. The predicted molar refractivity (Wildman–Crippen MR) is 83.4 cm³/mol. The second kappa shape index (κ2) is 7.20. The molecule has 2 aromatic carbocycles. The van der Waals surface area contributed by atoms with Crippen LogP contribution in [0.15, 0.2) is 42.5 Å². The van der Waals surface area contributed by atoms with Gasteiger partial charge in [-0.25, -0.2) is 0 Å². The number of ether oxygens (including phenoxy) is 1. The summed E-state index contributed by atoms with van der Waals surface area (Å²) in [6, 6.07) is 8.57. The van der Waals surface area contributed by atoms with Gasteiger partial charge in [-0.3, -0.25) is 14.9 Å². The van der Waals surface area contributed by atoms with Crippen LogP contribution in [0.5, 0.6) is 5.75 Å². The number of nitro benzene ring substituents is 1.